The molecule has 0 bridgehead atoms. The van der Waals surface area contributed by atoms with Crippen molar-refractivity contribution in [3.63, 3.8) is 0 Å². The minimum atomic E-state index is -1.38. The quantitative estimate of drug-likeness (QED) is 0.153. The first-order chi connectivity index (χ1) is 30.4. The number of fused-ring (bicyclic) bond motifs is 1. The average Bonchev–Trinajstić information content (AvgIpc) is 3.66. The molecule has 0 unspecified atom stereocenters. The number of nitrogens with two attached hydrogens (primary N) is 1. The van der Waals surface area contributed by atoms with Crippen LogP contribution in [0.1, 0.15) is 83.8 Å². The number of likely N-dealkylation sites (tertiary alicyclic amines) is 2. The average molecular weight is 859 g/mol. The number of hydrogen-bond donors (Lipinski definition) is 3. The molecule has 4 aliphatic heterocycles. The summed E-state index contributed by atoms with van der Waals surface area (Å²) in [6.45, 7) is 10.5. The molecule has 7 heterocycles. The molecule has 330 valence electrons. The van der Waals surface area contributed by atoms with E-state index in [9.17, 15) is 19.5 Å². The van der Waals surface area contributed by atoms with E-state index in [4.69, 9.17) is 15.5 Å². The fraction of sp³-hybridized carbons (Fsp3) is 0.447. The van der Waals surface area contributed by atoms with Crippen LogP contribution in [0.5, 0.6) is 5.75 Å². The van der Waals surface area contributed by atoms with Crippen molar-refractivity contribution in [1.29, 1.82) is 0 Å². The molecule has 4 N–H and O–H groups in total. The molecular weight excluding hydrogens is 804 g/mol. The minimum Gasteiger partial charge on any atom is -0.507 e. The van der Waals surface area contributed by atoms with E-state index in [0.717, 1.165) is 65.6 Å². The number of alkyl halides is 1. The molecule has 0 aliphatic carbocycles. The van der Waals surface area contributed by atoms with Crippen LogP contribution in [-0.4, -0.2) is 117 Å². The van der Waals surface area contributed by atoms with E-state index in [0.29, 0.717) is 79.9 Å². The number of nitrogen functional groups attached to an aromatic ring is 1. The number of phenolic OH excluding ortho intramolecular Hbond substituents is 1. The molecule has 4 saturated heterocycles. The summed E-state index contributed by atoms with van der Waals surface area (Å²) in [6.07, 6.45) is 6.97. The van der Waals surface area contributed by atoms with Crippen LogP contribution in [-0.2, 0) is 16.0 Å². The van der Waals surface area contributed by atoms with Gasteiger partial charge in [0.2, 0.25) is 5.91 Å². The number of anilines is 3. The van der Waals surface area contributed by atoms with Gasteiger partial charge in [0, 0.05) is 100 Å². The van der Waals surface area contributed by atoms with Crippen LogP contribution in [0, 0.1) is 13.8 Å². The zero-order chi connectivity index (χ0) is 44.0. The number of hydrogen-bond acceptors (Lipinski definition) is 11. The number of phenols is 1. The van der Waals surface area contributed by atoms with E-state index in [2.05, 4.69) is 43.0 Å². The summed E-state index contributed by atoms with van der Waals surface area (Å²) >= 11 is 0. The van der Waals surface area contributed by atoms with Crippen LogP contribution in [0.2, 0.25) is 0 Å². The van der Waals surface area contributed by atoms with Crippen molar-refractivity contribution in [2.45, 2.75) is 77.1 Å². The Balaban J connectivity index is 0.800. The zero-order valence-electron chi connectivity index (χ0n) is 36.1. The molecule has 15 nitrogen and oxygen atoms in total. The number of aryl methyl sites for hydroxylation is 3. The van der Waals surface area contributed by atoms with Crippen LogP contribution < -0.4 is 20.9 Å². The highest BCUT2D eigenvalue weighted by Gasteiger charge is 2.39. The number of nitrogens with zero attached hydrogens (tertiary/aromatic N) is 8. The Labute approximate surface area is 366 Å². The van der Waals surface area contributed by atoms with Crippen LogP contribution in [0.15, 0.2) is 60.9 Å². The summed E-state index contributed by atoms with van der Waals surface area (Å²) in [4.78, 5) is 50.7. The fourth-order valence-electron chi connectivity index (χ4n) is 9.84. The summed E-state index contributed by atoms with van der Waals surface area (Å²) < 4.78 is 25.1. The third-order valence-electron chi connectivity index (χ3n) is 13.5. The van der Waals surface area contributed by atoms with E-state index in [-0.39, 0.29) is 49.0 Å². The number of morpholine rings is 1. The second-order valence-corrected chi connectivity index (χ2v) is 17.5. The highest BCUT2D eigenvalue weighted by atomic mass is 19.1. The number of pyridine rings is 1. The number of para-hydroxylation sites is 1. The van der Waals surface area contributed by atoms with Crippen molar-refractivity contribution < 1.29 is 28.6 Å². The van der Waals surface area contributed by atoms with E-state index >= 15 is 4.39 Å². The number of aromatic hydroxyl groups is 1. The number of aromatic nitrogens is 4. The largest absolute Gasteiger partial charge is 0.507 e. The second kappa shape index (κ2) is 17.2. The van der Waals surface area contributed by atoms with Crippen molar-refractivity contribution in [3.8, 4) is 17.0 Å². The molecule has 16 heteroatoms. The molecule has 3 aromatic heterocycles. The Morgan fingerprint density at radius 1 is 1.00 bits per heavy atom. The summed E-state index contributed by atoms with van der Waals surface area (Å²) in [5.41, 5.74) is 12.9. The van der Waals surface area contributed by atoms with Crippen molar-refractivity contribution in [2.75, 3.05) is 74.5 Å². The van der Waals surface area contributed by atoms with Crippen LogP contribution in [0.4, 0.5) is 26.4 Å². The van der Waals surface area contributed by atoms with Gasteiger partial charge in [-0.3, -0.25) is 19.8 Å². The first-order valence-corrected chi connectivity index (χ1v) is 22.1. The standard InChI is InChI=1S/C47H55FN10O5/c1-4-31-26-58(44-37(31)23-33(25-50-44)57-16-11-42(60)51-46(57)62)32-9-14-54(15-10-32)28-47(48)12-17-55(18-13-47)45(61)36-22-29(2)35(21-30(36)3)41-27-56(19-20-63-41)39-24-38(52-53-43(39)49)34-7-5-6-8-40(34)59/h5-8,21-26,32,41,59H,4,9-20,27-28H2,1-3H3,(H2,49,53)(H,51,60,62)/t41-/m0/s1. The number of urea groups is 1. The molecule has 4 amide bonds. The van der Waals surface area contributed by atoms with Gasteiger partial charge < -0.3 is 34.8 Å². The molecule has 4 aliphatic rings. The number of rotatable bonds is 9. The van der Waals surface area contributed by atoms with Crippen molar-refractivity contribution in [1.82, 2.24) is 34.9 Å². The monoisotopic (exact) mass is 858 g/mol. The van der Waals surface area contributed by atoms with E-state index in [1.807, 2.05) is 44.2 Å². The molecule has 0 radical (unpaired) electrons. The fourth-order valence-corrected chi connectivity index (χ4v) is 9.84. The summed E-state index contributed by atoms with van der Waals surface area (Å²) in [5, 5.41) is 22.3. The number of carbonyl (C=O) groups excluding carboxylic acids is 3. The molecule has 1 atom stereocenters. The van der Waals surface area contributed by atoms with Gasteiger partial charge in [0.05, 0.1) is 29.9 Å². The molecule has 63 heavy (non-hydrogen) atoms. The van der Waals surface area contributed by atoms with E-state index in [1.165, 1.54) is 0 Å². The number of carbonyl (C=O) groups is 3. The smallest absolute Gasteiger partial charge is 0.328 e. The lowest BCUT2D eigenvalue weighted by atomic mass is 9.90. The molecule has 5 aromatic rings. The Hall–Kier alpha value is -6.13. The molecule has 2 aromatic carbocycles. The Morgan fingerprint density at radius 2 is 1.78 bits per heavy atom. The van der Waals surface area contributed by atoms with E-state index < -0.39 is 11.7 Å². The maximum Gasteiger partial charge on any atom is 0.328 e. The molecular formula is C47H55FN10O5. The molecule has 9 rings (SSSR count). The second-order valence-electron chi connectivity index (χ2n) is 17.5. The van der Waals surface area contributed by atoms with Gasteiger partial charge in [0.25, 0.3) is 5.91 Å². The zero-order valence-corrected chi connectivity index (χ0v) is 36.1. The number of amides is 4. The van der Waals surface area contributed by atoms with Crippen molar-refractivity contribution in [3.05, 3.63) is 88.7 Å². The lowest BCUT2D eigenvalue weighted by molar-refractivity contribution is -0.120. The van der Waals surface area contributed by atoms with Gasteiger partial charge in [0.15, 0.2) is 5.82 Å². The topological polar surface area (TPSA) is 175 Å². The predicted molar refractivity (Wildman–Crippen MR) is 239 cm³/mol. The summed E-state index contributed by atoms with van der Waals surface area (Å²) in [7, 11) is 0. The van der Waals surface area contributed by atoms with Gasteiger partial charge in [-0.15, -0.1) is 10.2 Å². The Bertz CT molecular complexity index is 2570. The highest BCUT2D eigenvalue weighted by Crippen LogP contribution is 2.37. The van der Waals surface area contributed by atoms with Crippen molar-refractivity contribution in [2.24, 2.45) is 0 Å². The lowest BCUT2D eigenvalue weighted by Crippen LogP contribution is -2.51. The Kier molecular flexibility index (Phi) is 11.5. The first kappa shape index (κ1) is 42.2. The Morgan fingerprint density at radius 3 is 2.52 bits per heavy atom. The number of ether oxygens (including phenoxy) is 1. The van der Waals surface area contributed by atoms with Gasteiger partial charge in [-0.2, -0.15) is 0 Å². The third-order valence-corrected chi connectivity index (χ3v) is 13.5. The number of imide groups is 1. The molecule has 4 fully saturated rings. The highest BCUT2D eigenvalue weighted by molar-refractivity contribution is 6.06. The normalized spacial score (nSPS) is 20.1. The van der Waals surface area contributed by atoms with Crippen molar-refractivity contribution >= 4 is 46.1 Å². The SMILES string of the molecule is CCc1cn(C2CCN(CC3(F)CCN(C(=O)c4cc(C)c([C@@H]5CN(c6cc(-c7ccccc7O)nnc6N)CCO5)cc4C)CC3)CC2)c2ncc(N3CCC(=O)NC3=O)cc12. The van der Waals surface area contributed by atoms with Crippen LogP contribution in [0.3, 0.4) is 0 Å². The minimum absolute atomic E-state index is 0.0797. The molecule has 0 saturated carbocycles. The number of piperidine rings is 2. The summed E-state index contributed by atoms with van der Waals surface area (Å²) in [5.74, 6) is 0.0576. The summed E-state index contributed by atoms with van der Waals surface area (Å²) in [6, 6.07) is 14.6. The number of nitrogens with one attached hydrogen (secondary N) is 1. The maximum atomic E-state index is 16.5. The van der Waals surface area contributed by atoms with Gasteiger partial charge in [-0.25, -0.2) is 14.2 Å². The number of halogens is 1. The first-order valence-electron chi connectivity index (χ1n) is 22.1. The van der Waals surface area contributed by atoms with Gasteiger partial charge >= 0.3 is 6.03 Å². The molecule has 0 spiro atoms. The van der Waals surface area contributed by atoms with Crippen LogP contribution >= 0.6 is 0 Å². The maximum absolute atomic E-state index is 16.5. The van der Waals surface area contributed by atoms with Gasteiger partial charge in [0.1, 0.15) is 23.2 Å². The van der Waals surface area contributed by atoms with Gasteiger partial charge in [-0.05, 0) is 85.7 Å². The third kappa shape index (κ3) is 8.41. The lowest BCUT2D eigenvalue weighted by Gasteiger charge is -2.41. The predicted octanol–water partition coefficient (Wildman–Crippen LogP) is 6.27. The van der Waals surface area contributed by atoms with Crippen LogP contribution in [0.25, 0.3) is 22.3 Å². The number of benzene rings is 2. The van der Waals surface area contributed by atoms with Gasteiger partial charge in [-0.1, -0.05) is 25.1 Å². The van der Waals surface area contributed by atoms with E-state index in [1.54, 1.807) is 34.2 Å².